The monoisotopic (exact) mass is 472 g/mol. The van der Waals surface area contributed by atoms with Gasteiger partial charge in [-0.1, -0.05) is 29.3 Å². The van der Waals surface area contributed by atoms with Gasteiger partial charge in [-0.15, -0.1) is 0 Å². The maximum Gasteiger partial charge on any atom is 0.265 e. The second-order valence-corrected chi connectivity index (χ2v) is 9.57. The molecule has 0 saturated carbocycles. The van der Waals surface area contributed by atoms with Crippen LogP contribution in [0.2, 0.25) is 10.0 Å². The van der Waals surface area contributed by atoms with Crippen LogP contribution >= 0.6 is 23.2 Å². The molecular formula is C20H22Cl2N2O5S. The lowest BCUT2D eigenvalue weighted by atomic mass is 10.2. The van der Waals surface area contributed by atoms with E-state index in [-0.39, 0.29) is 10.6 Å². The number of aryl methyl sites for hydroxylation is 1. The molecule has 1 unspecified atom stereocenters. The lowest BCUT2D eigenvalue weighted by Crippen LogP contribution is -2.40. The quantitative estimate of drug-likeness (QED) is 0.691. The van der Waals surface area contributed by atoms with Crippen molar-refractivity contribution in [3.8, 4) is 5.75 Å². The van der Waals surface area contributed by atoms with Gasteiger partial charge in [0.25, 0.3) is 5.91 Å². The van der Waals surface area contributed by atoms with Crippen LogP contribution in [0.3, 0.4) is 0 Å². The summed E-state index contributed by atoms with van der Waals surface area (Å²) in [6, 6.07) is 9.47. The maximum absolute atomic E-state index is 13.0. The second kappa shape index (κ2) is 9.53. The molecule has 0 radical (unpaired) electrons. The number of hydrogen-bond donors (Lipinski definition) is 1. The number of amides is 1. The number of morpholine rings is 1. The smallest absolute Gasteiger partial charge is 0.265 e. The molecule has 1 heterocycles. The van der Waals surface area contributed by atoms with Gasteiger partial charge in [0.15, 0.2) is 6.10 Å². The van der Waals surface area contributed by atoms with Crippen molar-refractivity contribution in [3.05, 3.63) is 52.0 Å². The van der Waals surface area contributed by atoms with E-state index >= 15 is 0 Å². The van der Waals surface area contributed by atoms with Gasteiger partial charge >= 0.3 is 0 Å². The van der Waals surface area contributed by atoms with Crippen LogP contribution in [0.25, 0.3) is 0 Å². The molecule has 1 aliphatic heterocycles. The molecule has 0 aliphatic carbocycles. The predicted molar refractivity (Wildman–Crippen MR) is 116 cm³/mol. The lowest BCUT2D eigenvalue weighted by molar-refractivity contribution is -0.122. The van der Waals surface area contributed by atoms with Gasteiger partial charge in [-0.25, -0.2) is 8.42 Å². The van der Waals surface area contributed by atoms with E-state index in [0.717, 1.165) is 0 Å². The molecule has 30 heavy (non-hydrogen) atoms. The first-order valence-electron chi connectivity index (χ1n) is 9.29. The fourth-order valence-electron chi connectivity index (χ4n) is 2.94. The van der Waals surface area contributed by atoms with E-state index in [0.29, 0.717) is 47.6 Å². The third kappa shape index (κ3) is 5.25. The third-order valence-electron chi connectivity index (χ3n) is 4.61. The van der Waals surface area contributed by atoms with Gasteiger partial charge in [-0.05, 0) is 43.7 Å². The summed E-state index contributed by atoms with van der Waals surface area (Å²) in [6.45, 7) is 4.58. The first-order chi connectivity index (χ1) is 14.2. The molecule has 1 fully saturated rings. The van der Waals surface area contributed by atoms with Crippen LogP contribution < -0.4 is 10.1 Å². The molecule has 1 amide bonds. The minimum atomic E-state index is -3.69. The molecule has 1 aliphatic rings. The van der Waals surface area contributed by atoms with Crippen molar-refractivity contribution in [1.29, 1.82) is 0 Å². The lowest BCUT2D eigenvalue weighted by Gasteiger charge is -2.27. The molecule has 0 aromatic heterocycles. The van der Waals surface area contributed by atoms with Crippen molar-refractivity contribution >= 4 is 44.8 Å². The minimum absolute atomic E-state index is 0.147. The van der Waals surface area contributed by atoms with Crippen molar-refractivity contribution < 1.29 is 22.7 Å². The van der Waals surface area contributed by atoms with Crippen LogP contribution in [-0.4, -0.2) is 51.0 Å². The van der Waals surface area contributed by atoms with Crippen LogP contribution in [0.4, 0.5) is 5.69 Å². The Morgan fingerprint density at radius 1 is 1.17 bits per heavy atom. The standard InChI is InChI=1S/C20H22Cl2N2O5S/c1-13-3-5-16(12-19(13)30(26,27)24-7-9-28-10-8-24)23-20(25)14(2)29-18-11-15(21)4-6-17(18)22/h3-6,11-12,14H,7-10H2,1-2H3,(H,23,25). The Kier molecular flexibility index (Phi) is 7.26. The molecule has 7 nitrogen and oxygen atoms in total. The Balaban J connectivity index is 1.76. The number of hydrogen-bond acceptors (Lipinski definition) is 5. The summed E-state index contributed by atoms with van der Waals surface area (Å²) < 4.78 is 38.2. The number of benzene rings is 2. The van der Waals surface area contributed by atoms with Gasteiger partial charge in [0.1, 0.15) is 5.75 Å². The highest BCUT2D eigenvalue weighted by Crippen LogP contribution is 2.29. The van der Waals surface area contributed by atoms with Crippen LogP contribution in [0.15, 0.2) is 41.3 Å². The average Bonchev–Trinajstić information content (AvgIpc) is 2.72. The van der Waals surface area contributed by atoms with Crippen LogP contribution in [0.5, 0.6) is 5.75 Å². The summed E-state index contributed by atoms with van der Waals surface area (Å²) in [4.78, 5) is 12.7. The average molecular weight is 473 g/mol. The molecule has 2 aromatic carbocycles. The number of sulfonamides is 1. The number of carbonyl (C=O) groups excluding carboxylic acids is 1. The van der Waals surface area contributed by atoms with Crippen molar-refractivity contribution in [2.45, 2.75) is 24.8 Å². The van der Waals surface area contributed by atoms with Gasteiger partial charge in [-0.2, -0.15) is 4.31 Å². The van der Waals surface area contributed by atoms with Gasteiger partial charge in [0, 0.05) is 29.9 Å². The largest absolute Gasteiger partial charge is 0.479 e. The summed E-state index contributed by atoms with van der Waals surface area (Å²) in [6.07, 6.45) is -0.887. The molecule has 1 N–H and O–H groups in total. The molecule has 0 spiro atoms. The maximum atomic E-state index is 13.0. The van der Waals surface area contributed by atoms with Gasteiger partial charge in [-0.3, -0.25) is 4.79 Å². The summed E-state index contributed by atoms with van der Waals surface area (Å²) in [7, 11) is -3.69. The number of nitrogens with one attached hydrogen (secondary N) is 1. The molecule has 2 aromatic rings. The number of anilines is 1. The van der Waals surface area contributed by atoms with Crippen LogP contribution in [0, 0.1) is 6.92 Å². The molecule has 0 bridgehead atoms. The van der Waals surface area contributed by atoms with Crippen molar-refractivity contribution in [2.75, 3.05) is 31.6 Å². The zero-order chi connectivity index (χ0) is 21.9. The zero-order valence-corrected chi connectivity index (χ0v) is 18.9. The van der Waals surface area contributed by atoms with E-state index in [4.69, 9.17) is 32.7 Å². The molecule has 3 rings (SSSR count). The van der Waals surface area contributed by atoms with Gasteiger partial charge < -0.3 is 14.8 Å². The Morgan fingerprint density at radius 2 is 1.87 bits per heavy atom. The topological polar surface area (TPSA) is 84.9 Å². The van der Waals surface area contributed by atoms with Crippen molar-refractivity contribution in [3.63, 3.8) is 0 Å². The van der Waals surface area contributed by atoms with Gasteiger partial charge in [0.05, 0.1) is 23.1 Å². The molecule has 1 saturated heterocycles. The third-order valence-corrected chi connectivity index (χ3v) is 7.20. The van der Waals surface area contributed by atoms with E-state index in [1.807, 2.05) is 0 Å². The minimum Gasteiger partial charge on any atom is -0.479 e. The Bertz CT molecular complexity index is 1040. The van der Waals surface area contributed by atoms with E-state index in [1.165, 1.54) is 16.4 Å². The Labute approximate surface area is 185 Å². The van der Waals surface area contributed by atoms with E-state index in [9.17, 15) is 13.2 Å². The molecular weight excluding hydrogens is 451 g/mol. The highest BCUT2D eigenvalue weighted by molar-refractivity contribution is 7.89. The summed E-state index contributed by atoms with van der Waals surface area (Å²) in [5.74, 6) is -0.170. The van der Waals surface area contributed by atoms with Crippen molar-refractivity contribution in [2.24, 2.45) is 0 Å². The molecule has 162 valence electrons. The first kappa shape index (κ1) is 22.8. The Morgan fingerprint density at radius 3 is 2.57 bits per heavy atom. The molecule has 1 atom stereocenters. The number of rotatable bonds is 6. The fraction of sp³-hybridized carbons (Fsp3) is 0.350. The second-order valence-electron chi connectivity index (χ2n) is 6.82. The number of carbonyl (C=O) groups is 1. The predicted octanol–water partition coefficient (Wildman–Crippen LogP) is 3.73. The van der Waals surface area contributed by atoms with E-state index < -0.39 is 22.0 Å². The highest BCUT2D eigenvalue weighted by atomic mass is 35.5. The number of halogens is 2. The van der Waals surface area contributed by atoms with Crippen LogP contribution in [0.1, 0.15) is 12.5 Å². The zero-order valence-electron chi connectivity index (χ0n) is 16.5. The number of nitrogens with zero attached hydrogens (tertiary/aromatic N) is 1. The summed E-state index contributed by atoms with van der Waals surface area (Å²) in [5.41, 5.74) is 0.944. The van der Waals surface area contributed by atoms with Crippen LogP contribution in [-0.2, 0) is 19.6 Å². The van der Waals surface area contributed by atoms with E-state index in [1.54, 1.807) is 38.1 Å². The highest BCUT2D eigenvalue weighted by Gasteiger charge is 2.28. The summed E-state index contributed by atoms with van der Waals surface area (Å²) in [5, 5.41) is 3.45. The van der Waals surface area contributed by atoms with Gasteiger partial charge in [0.2, 0.25) is 10.0 Å². The number of ether oxygens (including phenoxy) is 2. The first-order valence-corrected chi connectivity index (χ1v) is 11.5. The normalized spacial score (nSPS) is 16.1. The summed E-state index contributed by atoms with van der Waals surface area (Å²) >= 11 is 12.0. The van der Waals surface area contributed by atoms with E-state index in [2.05, 4.69) is 5.32 Å². The fourth-order valence-corrected chi connectivity index (χ4v) is 4.92. The molecule has 10 heteroatoms. The van der Waals surface area contributed by atoms with Crippen molar-refractivity contribution in [1.82, 2.24) is 4.31 Å². The Hall–Kier alpha value is -1.84. The SMILES string of the molecule is Cc1ccc(NC(=O)C(C)Oc2cc(Cl)ccc2Cl)cc1S(=O)(=O)N1CCOCC1.